The third-order valence-corrected chi connectivity index (χ3v) is 3.88. The highest BCUT2D eigenvalue weighted by atomic mass is 35.5. The van der Waals surface area contributed by atoms with Crippen LogP contribution in [0.2, 0.25) is 0 Å². The Hall–Kier alpha value is -1.56. The molecule has 1 aromatic carbocycles. The van der Waals surface area contributed by atoms with E-state index in [1.165, 1.54) is 0 Å². The number of nitrogens with zero attached hydrogens (tertiary/aromatic N) is 2. The molecule has 5 nitrogen and oxygen atoms in total. The molecule has 21 heavy (non-hydrogen) atoms. The van der Waals surface area contributed by atoms with Crippen molar-refractivity contribution in [2.24, 2.45) is 0 Å². The zero-order valence-electron chi connectivity index (χ0n) is 11.7. The number of aromatic amines is 1. The molecule has 1 aliphatic rings. The van der Waals surface area contributed by atoms with Crippen molar-refractivity contribution in [1.82, 2.24) is 14.9 Å². The Morgan fingerprint density at radius 2 is 2.05 bits per heavy atom. The molecule has 1 aliphatic heterocycles. The molecule has 3 heterocycles. The van der Waals surface area contributed by atoms with E-state index in [1.807, 2.05) is 24.4 Å². The number of aromatic nitrogens is 2. The fourth-order valence-corrected chi connectivity index (χ4v) is 2.75. The zero-order valence-corrected chi connectivity index (χ0v) is 12.5. The minimum absolute atomic E-state index is 0. The van der Waals surface area contributed by atoms with Gasteiger partial charge in [-0.3, -0.25) is 4.90 Å². The van der Waals surface area contributed by atoms with Crippen molar-refractivity contribution in [3.63, 3.8) is 0 Å². The second-order valence-corrected chi connectivity index (χ2v) is 5.16. The number of fused-ring (bicyclic) bond motifs is 3. The number of nitrogens with one attached hydrogen (secondary N) is 1. The molecule has 1 saturated heterocycles. The van der Waals surface area contributed by atoms with Gasteiger partial charge in [0.25, 0.3) is 0 Å². The van der Waals surface area contributed by atoms with Gasteiger partial charge in [-0.05, 0) is 18.2 Å². The summed E-state index contributed by atoms with van der Waals surface area (Å²) in [5, 5.41) is 1.13. The number of H-pyrrole nitrogens is 1. The zero-order chi connectivity index (χ0) is 13.4. The molecule has 0 bridgehead atoms. The van der Waals surface area contributed by atoms with Crippen LogP contribution in [-0.4, -0.2) is 47.7 Å². The topological polar surface area (TPSA) is 54.3 Å². The predicted octanol–water partition coefficient (Wildman–Crippen LogP) is 2.61. The third kappa shape index (κ3) is 2.77. The fourth-order valence-electron chi connectivity index (χ4n) is 2.75. The second kappa shape index (κ2) is 6.05. The van der Waals surface area contributed by atoms with Gasteiger partial charge in [0.15, 0.2) is 11.5 Å². The average molecular weight is 308 g/mol. The highest BCUT2D eigenvalue weighted by Gasteiger charge is 2.13. The number of hydrogen-bond acceptors (Lipinski definition) is 4. The molecule has 0 amide bonds. The number of oxazole rings is 1. The summed E-state index contributed by atoms with van der Waals surface area (Å²) in [6.07, 6.45) is 2.78. The van der Waals surface area contributed by atoms with Crippen LogP contribution in [0.5, 0.6) is 0 Å². The molecule has 0 aliphatic carbocycles. The van der Waals surface area contributed by atoms with Gasteiger partial charge in [0.1, 0.15) is 5.52 Å². The Morgan fingerprint density at radius 1 is 1.19 bits per heavy atom. The molecule has 112 valence electrons. The highest BCUT2D eigenvalue weighted by molar-refractivity contribution is 6.02. The maximum absolute atomic E-state index is 5.85. The molecule has 0 spiro atoms. The highest BCUT2D eigenvalue weighted by Crippen LogP contribution is 2.25. The number of ether oxygens (including phenoxy) is 1. The average Bonchev–Trinajstić information content (AvgIpc) is 3.11. The molecule has 0 saturated carbocycles. The normalized spacial score (nSPS) is 16.4. The van der Waals surface area contributed by atoms with Crippen molar-refractivity contribution in [3.05, 3.63) is 30.3 Å². The first-order valence-electron chi connectivity index (χ1n) is 7.06. The summed E-state index contributed by atoms with van der Waals surface area (Å²) in [6, 6.07) is 6.07. The molecule has 2 aromatic heterocycles. The Balaban J connectivity index is 0.00000132. The second-order valence-electron chi connectivity index (χ2n) is 5.16. The van der Waals surface area contributed by atoms with Crippen LogP contribution in [0.1, 0.15) is 5.89 Å². The summed E-state index contributed by atoms with van der Waals surface area (Å²) in [6.45, 7) is 4.64. The van der Waals surface area contributed by atoms with E-state index in [0.717, 1.165) is 67.2 Å². The first-order valence-corrected chi connectivity index (χ1v) is 7.06. The van der Waals surface area contributed by atoms with E-state index in [-0.39, 0.29) is 12.4 Å². The summed E-state index contributed by atoms with van der Waals surface area (Å²) in [7, 11) is 0. The van der Waals surface area contributed by atoms with Crippen molar-refractivity contribution in [2.75, 3.05) is 32.8 Å². The lowest BCUT2D eigenvalue weighted by Gasteiger charge is -2.25. The maximum atomic E-state index is 5.85. The summed E-state index contributed by atoms with van der Waals surface area (Å²) in [4.78, 5) is 10.2. The summed E-state index contributed by atoms with van der Waals surface area (Å²) < 4.78 is 11.2. The monoisotopic (exact) mass is 307 g/mol. The Bertz CT molecular complexity index is 731. The third-order valence-electron chi connectivity index (χ3n) is 3.88. The Labute approximate surface area is 128 Å². The largest absolute Gasteiger partial charge is 0.441 e. The van der Waals surface area contributed by atoms with Crippen LogP contribution in [0, 0.1) is 0 Å². The van der Waals surface area contributed by atoms with Gasteiger partial charge in [0.2, 0.25) is 0 Å². The van der Waals surface area contributed by atoms with E-state index in [1.54, 1.807) is 0 Å². The quantitative estimate of drug-likeness (QED) is 0.808. The summed E-state index contributed by atoms with van der Waals surface area (Å²) in [5.41, 5.74) is 2.93. The number of morpholine rings is 1. The number of rotatable bonds is 3. The van der Waals surface area contributed by atoms with Gasteiger partial charge in [-0.2, -0.15) is 0 Å². The lowest BCUT2D eigenvalue weighted by molar-refractivity contribution is 0.0378. The van der Waals surface area contributed by atoms with Gasteiger partial charge in [-0.15, -0.1) is 12.4 Å². The van der Waals surface area contributed by atoms with Crippen LogP contribution >= 0.6 is 12.4 Å². The number of halogens is 1. The van der Waals surface area contributed by atoms with Crippen molar-refractivity contribution in [3.8, 4) is 0 Å². The van der Waals surface area contributed by atoms with Gasteiger partial charge >= 0.3 is 0 Å². The Morgan fingerprint density at radius 3 is 2.90 bits per heavy atom. The lowest BCUT2D eigenvalue weighted by atomic mass is 10.2. The minimum atomic E-state index is 0. The molecule has 4 rings (SSSR count). The smallest absolute Gasteiger partial charge is 0.196 e. The standard InChI is InChI=1S/C15H17N3O2.ClH/c1-2-13-15(11-3-5-16-12(1)11)17-14(20-13)4-6-18-7-9-19-10-8-18;/h1-3,5,16H,4,6-10H2;1H. The van der Waals surface area contributed by atoms with Gasteiger partial charge < -0.3 is 14.1 Å². The van der Waals surface area contributed by atoms with E-state index in [9.17, 15) is 0 Å². The fraction of sp³-hybridized carbons (Fsp3) is 0.400. The first-order chi connectivity index (χ1) is 9.90. The molecular formula is C15H18ClN3O2. The van der Waals surface area contributed by atoms with Crippen LogP contribution < -0.4 is 0 Å². The number of benzene rings is 1. The van der Waals surface area contributed by atoms with E-state index < -0.39 is 0 Å². The number of hydrogen-bond donors (Lipinski definition) is 1. The maximum Gasteiger partial charge on any atom is 0.196 e. The van der Waals surface area contributed by atoms with E-state index in [2.05, 4.69) is 14.9 Å². The van der Waals surface area contributed by atoms with Crippen molar-refractivity contribution < 1.29 is 9.15 Å². The van der Waals surface area contributed by atoms with Gasteiger partial charge in [-0.1, -0.05) is 0 Å². The van der Waals surface area contributed by atoms with E-state index in [0.29, 0.717) is 0 Å². The minimum Gasteiger partial charge on any atom is -0.441 e. The molecule has 6 heteroatoms. The predicted molar refractivity (Wildman–Crippen MR) is 84.1 cm³/mol. The van der Waals surface area contributed by atoms with Crippen molar-refractivity contribution >= 4 is 34.4 Å². The molecule has 1 N–H and O–H groups in total. The SMILES string of the molecule is Cl.c1cc2c(ccc3oc(CCN4CCOCC4)nc32)[nH]1. The van der Waals surface area contributed by atoms with Crippen LogP contribution in [0.4, 0.5) is 0 Å². The molecular weight excluding hydrogens is 290 g/mol. The van der Waals surface area contributed by atoms with Crippen molar-refractivity contribution in [1.29, 1.82) is 0 Å². The van der Waals surface area contributed by atoms with Crippen LogP contribution in [-0.2, 0) is 11.2 Å². The molecule has 1 fully saturated rings. The van der Waals surface area contributed by atoms with Gasteiger partial charge in [-0.25, -0.2) is 4.98 Å². The van der Waals surface area contributed by atoms with Crippen molar-refractivity contribution in [2.45, 2.75) is 6.42 Å². The Kier molecular flexibility index (Phi) is 4.14. The van der Waals surface area contributed by atoms with Gasteiger partial charge in [0.05, 0.1) is 13.2 Å². The molecule has 0 atom stereocenters. The van der Waals surface area contributed by atoms with Crippen LogP contribution in [0.3, 0.4) is 0 Å². The first kappa shape index (κ1) is 14.4. The van der Waals surface area contributed by atoms with Crippen LogP contribution in [0.15, 0.2) is 28.8 Å². The van der Waals surface area contributed by atoms with E-state index >= 15 is 0 Å². The van der Waals surface area contributed by atoms with Gasteiger partial charge in [0, 0.05) is 43.2 Å². The summed E-state index contributed by atoms with van der Waals surface area (Å²) >= 11 is 0. The molecule has 3 aromatic rings. The van der Waals surface area contributed by atoms with Crippen LogP contribution in [0.25, 0.3) is 22.0 Å². The van der Waals surface area contributed by atoms with E-state index in [4.69, 9.17) is 9.15 Å². The summed E-state index contributed by atoms with van der Waals surface area (Å²) in [5.74, 6) is 0.820. The molecule has 0 unspecified atom stereocenters. The lowest BCUT2D eigenvalue weighted by Crippen LogP contribution is -2.37. The molecule has 0 radical (unpaired) electrons.